The summed E-state index contributed by atoms with van der Waals surface area (Å²) in [7, 11) is 1.62. The number of rotatable bonds is 7. The van der Waals surface area contributed by atoms with Gasteiger partial charge in [0.2, 0.25) is 0 Å². The number of aliphatic hydroxyl groups is 3. The zero-order chi connectivity index (χ0) is 21.0. The van der Waals surface area contributed by atoms with Crippen molar-refractivity contribution in [3.63, 3.8) is 0 Å². The third-order valence-electron chi connectivity index (χ3n) is 5.18. The molecule has 1 heterocycles. The van der Waals surface area contributed by atoms with E-state index < -0.39 is 30.5 Å². The molecule has 0 saturated carbocycles. The fourth-order valence-corrected chi connectivity index (χ4v) is 3.82. The van der Waals surface area contributed by atoms with Gasteiger partial charge in [0.1, 0.15) is 36.3 Å². The minimum absolute atomic E-state index is 0.322. The molecule has 3 rings (SSSR count). The van der Waals surface area contributed by atoms with Gasteiger partial charge in [-0.2, -0.15) is 0 Å². The summed E-state index contributed by atoms with van der Waals surface area (Å²) in [5.74, 6) is 0.778. The summed E-state index contributed by atoms with van der Waals surface area (Å²) in [5.41, 5.74) is 2.60. The normalized spacial score (nSPS) is 27.0. The lowest BCUT2D eigenvalue weighted by Crippen LogP contribution is -2.56. The first-order valence-electron chi connectivity index (χ1n) is 9.63. The van der Waals surface area contributed by atoms with Gasteiger partial charge in [-0.25, -0.2) is 0 Å². The molecule has 6 nitrogen and oxygen atoms in total. The van der Waals surface area contributed by atoms with Crippen LogP contribution in [0.2, 0.25) is 5.02 Å². The molecule has 0 spiro atoms. The van der Waals surface area contributed by atoms with E-state index in [1.54, 1.807) is 26.2 Å². The quantitative estimate of drug-likeness (QED) is 0.635. The van der Waals surface area contributed by atoms with E-state index in [1.807, 2.05) is 30.3 Å². The van der Waals surface area contributed by atoms with Gasteiger partial charge in [-0.1, -0.05) is 35.9 Å². The van der Waals surface area contributed by atoms with Gasteiger partial charge >= 0.3 is 0 Å². The summed E-state index contributed by atoms with van der Waals surface area (Å²) in [6.45, 7) is 1.80. The molecule has 0 aromatic heterocycles. The first-order chi connectivity index (χ1) is 14.0. The smallest absolute Gasteiger partial charge is 0.118 e. The lowest BCUT2D eigenvalue weighted by atomic mass is 9.90. The maximum atomic E-state index is 10.6. The Hall–Kier alpha value is -1.67. The molecule has 5 atom stereocenters. The van der Waals surface area contributed by atoms with E-state index in [-0.39, 0.29) is 6.61 Å². The van der Waals surface area contributed by atoms with E-state index in [4.69, 9.17) is 25.8 Å². The zero-order valence-corrected chi connectivity index (χ0v) is 17.2. The minimum atomic E-state index is -1.19. The molecule has 0 radical (unpaired) electrons. The Bertz CT molecular complexity index is 794. The zero-order valence-electron chi connectivity index (χ0n) is 16.5. The van der Waals surface area contributed by atoms with Crippen LogP contribution in [0.1, 0.15) is 29.7 Å². The molecule has 1 aliphatic heterocycles. The van der Waals surface area contributed by atoms with Crippen LogP contribution in [0.4, 0.5) is 0 Å². The van der Waals surface area contributed by atoms with Gasteiger partial charge in [0.15, 0.2) is 0 Å². The second-order valence-corrected chi connectivity index (χ2v) is 7.46. The Morgan fingerprint density at radius 1 is 1.07 bits per heavy atom. The molecular weight excluding hydrogens is 396 g/mol. The summed E-state index contributed by atoms with van der Waals surface area (Å²) < 4.78 is 16.6. The Morgan fingerprint density at radius 3 is 2.41 bits per heavy atom. The first kappa shape index (κ1) is 22.0. The maximum absolute atomic E-state index is 10.6. The van der Waals surface area contributed by atoms with E-state index in [0.29, 0.717) is 23.6 Å². The van der Waals surface area contributed by atoms with Crippen LogP contribution in [-0.4, -0.2) is 60.1 Å². The monoisotopic (exact) mass is 422 g/mol. The summed E-state index contributed by atoms with van der Waals surface area (Å²) in [6, 6.07) is 13.1. The molecule has 1 fully saturated rings. The molecule has 2 aromatic rings. The van der Waals surface area contributed by atoms with Crippen LogP contribution in [0.3, 0.4) is 0 Å². The summed E-state index contributed by atoms with van der Waals surface area (Å²) >= 11 is 6.39. The van der Waals surface area contributed by atoms with E-state index in [1.165, 1.54) is 0 Å². The van der Waals surface area contributed by atoms with Gasteiger partial charge in [-0.05, 0) is 48.2 Å². The van der Waals surface area contributed by atoms with Crippen LogP contribution in [0, 0.1) is 0 Å². The molecule has 0 unspecified atom stereocenters. The largest absolute Gasteiger partial charge is 0.497 e. The van der Waals surface area contributed by atoms with E-state index >= 15 is 0 Å². The molecule has 0 bridgehead atoms. The van der Waals surface area contributed by atoms with Crippen LogP contribution in [0.5, 0.6) is 5.75 Å². The highest BCUT2D eigenvalue weighted by molar-refractivity contribution is 6.31. The Labute approximate surface area is 175 Å². The Morgan fingerprint density at radius 2 is 1.79 bits per heavy atom. The fraction of sp³-hybridized carbons (Fsp3) is 0.455. The molecule has 1 aliphatic rings. The van der Waals surface area contributed by atoms with Crippen molar-refractivity contribution in [2.45, 2.75) is 43.9 Å². The van der Waals surface area contributed by atoms with Crippen LogP contribution in [0.15, 0.2) is 42.5 Å². The van der Waals surface area contributed by atoms with Crippen molar-refractivity contribution in [2.24, 2.45) is 0 Å². The number of benzene rings is 2. The van der Waals surface area contributed by atoms with Crippen LogP contribution >= 0.6 is 11.6 Å². The maximum Gasteiger partial charge on any atom is 0.118 e. The molecule has 0 aliphatic carbocycles. The lowest BCUT2D eigenvalue weighted by Gasteiger charge is -2.42. The van der Waals surface area contributed by atoms with Crippen LogP contribution in [-0.2, 0) is 15.9 Å². The molecule has 0 amide bonds. The van der Waals surface area contributed by atoms with Crippen molar-refractivity contribution in [1.29, 1.82) is 0 Å². The molecule has 1 saturated heterocycles. The van der Waals surface area contributed by atoms with Gasteiger partial charge in [0.25, 0.3) is 0 Å². The van der Waals surface area contributed by atoms with Crippen molar-refractivity contribution in [3.8, 4) is 5.75 Å². The third-order valence-corrected chi connectivity index (χ3v) is 5.54. The Balaban J connectivity index is 1.84. The van der Waals surface area contributed by atoms with Gasteiger partial charge in [-0.3, -0.25) is 0 Å². The van der Waals surface area contributed by atoms with Crippen molar-refractivity contribution in [3.05, 3.63) is 64.2 Å². The second kappa shape index (κ2) is 9.89. The van der Waals surface area contributed by atoms with Crippen molar-refractivity contribution in [1.82, 2.24) is 0 Å². The molecule has 7 heteroatoms. The fourth-order valence-electron chi connectivity index (χ4n) is 3.63. The topological polar surface area (TPSA) is 88.4 Å². The summed E-state index contributed by atoms with van der Waals surface area (Å²) in [6.07, 6.45) is -4.10. The predicted molar refractivity (Wildman–Crippen MR) is 109 cm³/mol. The molecular formula is C22H27ClO6. The van der Waals surface area contributed by atoms with Gasteiger partial charge < -0.3 is 29.5 Å². The number of halogens is 1. The average molecular weight is 423 g/mol. The van der Waals surface area contributed by atoms with Gasteiger partial charge in [-0.15, -0.1) is 0 Å². The molecule has 158 valence electrons. The SMILES string of the molecule is CCO[C@H]1[C@H](O)[C@@H](O)[C@H](c2ccc(Cl)c(Cc3ccc(OC)cc3)c2)O[C@@H]1CO. The number of hydrogen-bond acceptors (Lipinski definition) is 6. The van der Waals surface area contributed by atoms with Gasteiger partial charge in [0, 0.05) is 11.6 Å². The molecule has 2 aromatic carbocycles. The number of ether oxygens (including phenoxy) is 3. The highest BCUT2D eigenvalue weighted by Crippen LogP contribution is 2.35. The van der Waals surface area contributed by atoms with Crippen LogP contribution in [0.25, 0.3) is 0 Å². The first-order valence-corrected chi connectivity index (χ1v) is 10.0. The number of hydrogen-bond donors (Lipinski definition) is 3. The van der Waals surface area contributed by atoms with Crippen molar-refractivity contribution >= 4 is 11.6 Å². The van der Waals surface area contributed by atoms with Crippen LogP contribution < -0.4 is 4.74 Å². The summed E-state index contributed by atoms with van der Waals surface area (Å²) in [4.78, 5) is 0. The van der Waals surface area contributed by atoms with E-state index in [2.05, 4.69) is 0 Å². The Kier molecular flexibility index (Phi) is 7.51. The lowest BCUT2D eigenvalue weighted by molar-refractivity contribution is -0.243. The minimum Gasteiger partial charge on any atom is -0.497 e. The van der Waals surface area contributed by atoms with Gasteiger partial charge in [0.05, 0.1) is 13.7 Å². The van der Waals surface area contributed by atoms with Crippen molar-refractivity contribution < 1.29 is 29.5 Å². The highest BCUT2D eigenvalue weighted by atomic mass is 35.5. The van der Waals surface area contributed by atoms with E-state index in [0.717, 1.165) is 16.9 Å². The average Bonchev–Trinajstić information content (AvgIpc) is 2.74. The predicted octanol–water partition coefficient (Wildman–Crippen LogP) is 2.50. The molecule has 3 N–H and O–H groups in total. The number of aliphatic hydroxyl groups excluding tert-OH is 3. The van der Waals surface area contributed by atoms with Crippen molar-refractivity contribution in [2.75, 3.05) is 20.3 Å². The highest BCUT2D eigenvalue weighted by Gasteiger charge is 2.45. The second-order valence-electron chi connectivity index (χ2n) is 7.05. The standard InChI is InChI=1S/C22H27ClO6/c1-3-28-22-18(12-24)29-21(19(25)20(22)26)14-6-9-17(23)15(11-14)10-13-4-7-16(27-2)8-5-13/h4-9,11,18-22,24-26H,3,10,12H2,1-2H3/t18-,19-,20-,21+,22-/m1/s1. The third kappa shape index (κ3) is 4.91. The number of methoxy groups -OCH3 is 1. The van der Waals surface area contributed by atoms with E-state index in [9.17, 15) is 15.3 Å². The molecule has 29 heavy (non-hydrogen) atoms. The summed E-state index contributed by atoms with van der Waals surface area (Å²) in [5, 5.41) is 31.4.